The number of hydrogen-bond acceptors (Lipinski definition) is 5. The highest BCUT2D eigenvalue weighted by Gasteiger charge is 2.20. The zero-order valence-corrected chi connectivity index (χ0v) is 13.1. The lowest BCUT2D eigenvalue weighted by Gasteiger charge is -2.25. The van der Waals surface area contributed by atoms with Crippen molar-refractivity contribution in [3.05, 3.63) is 29.3 Å². The van der Waals surface area contributed by atoms with Crippen LogP contribution in [0.1, 0.15) is 25.5 Å². The fourth-order valence-electron chi connectivity index (χ4n) is 1.95. The first-order valence-corrected chi connectivity index (χ1v) is 8.57. The molecule has 0 aliphatic heterocycles. The topological polar surface area (TPSA) is 45.1 Å². The molecular weight excluding hydrogens is 276 g/mol. The first kappa shape index (κ1) is 14.8. The molecule has 3 nitrogen and oxygen atoms in total. The van der Waals surface area contributed by atoms with Gasteiger partial charge in [0, 0.05) is 24.5 Å². The van der Waals surface area contributed by atoms with Crippen molar-refractivity contribution in [1.29, 1.82) is 0 Å². The van der Waals surface area contributed by atoms with Crippen molar-refractivity contribution < 1.29 is 5.11 Å². The summed E-state index contributed by atoms with van der Waals surface area (Å²) in [4.78, 5) is 4.45. The summed E-state index contributed by atoms with van der Waals surface area (Å²) in [6, 6.07) is 4.39. The molecular formula is C14H20N2OS2. The van der Waals surface area contributed by atoms with Crippen molar-refractivity contribution in [3.8, 4) is 0 Å². The van der Waals surface area contributed by atoms with Crippen molar-refractivity contribution >= 4 is 33.3 Å². The van der Waals surface area contributed by atoms with Gasteiger partial charge in [0.2, 0.25) is 0 Å². The zero-order valence-electron chi connectivity index (χ0n) is 11.5. The molecule has 0 saturated heterocycles. The number of thiophene rings is 1. The predicted molar refractivity (Wildman–Crippen MR) is 85.0 cm³/mol. The Morgan fingerprint density at radius 2 is 2.37 bits per heavy atom. The molecule has 0 aliphatic carbocycles. The fraction of sp³-hybridized carbons (Fsp3) is 0.500. The second-order valence-electron chi connectivity index (χ2n) is 5.11. The highest BCUT2D eigenvalue weighted by Crippen LogP contribution is 2.23. The Labute approximate surface area is 122 Å². The Kier molecular flexibility index (Phi) is 4.84. The van der Waals surface area contributed by atoms with Crippen LogP contribution in [0, 0.1) is 0 Å². The normalized spacial score (nSPS) is 16.4. The van der Waals surface area contributed by atoms with Crippen LogP contribution in [0.3, 0.4) is 0 Å². The fourth-order valence-corrected chi connectivity index (χ4v) is 3.46. The van der Waals surface area contributed by atoms with Crippen LogP contribution in [0.5, 0.6) is 0 Å². The molecule has 2 heterocycles. The molecule has 19 heavy (non-hydrogen) atoms. The first-order valence-electron chi connectivity index (χ1n) is 6.30. The molecule has 2 N–H and O–H groups in total. The summed E-state index contributed by atoms with van der Waals surface area (Å²) in [6.45, 7) is 4.55. The molecule has 0 fully saturated rings. The monoisotopic (exact) mass is 296 g/mol. The number of nitrogens with one attached hydrogen (secondary N) is 1. The van der Waals surface area contributed by atoms with E-state index in [0.717, 1.165) is 16.8 Å². The summed E-state index contributed by atoms with van der Waals surface area (Å²) >= 11 is 3.37. The molecule has 2 aromatic heterocycles. The van der Waals surface area contributed by atoms with Crippen LogP contribution in [-0.4, -0.2) is 34.2 Å². The van der Waals surface area contributed by atoms with E-state index in [2.05, 4.69) is 28.7 Å². The number of aromatic nitrogens is 1. The first-order chi connectivity index (χ1) is 9.02. The van der Waals surface area contributed by atoms with Crippen LogP contribution in [-0.2, 0) is 0 Å². The van der Waals surface area contributed by atoms with E-state index >= 15 is 0 Å². The Morgan fingerprint density at radius 1 is 1.58 bits per heavy atom. The summed E-state index contributed by atoms with van der Waals surface area (Å²) in [5, 5.41) is 15.6. The van der Waals surface area contributed by atoms with Crippen LogP contribution < -0.4 is 5.32 Å². The molecule has 104 valence electrons. The van der Waals surface area contributed by atoms with Gasteiger partial charge in [-0.1, -0.05) is 0 Å². The number of rotatable bonds is 6. The van der Waals surface area contributed by atoms with Gasteiger partial charge in [-0.05, 0) is 43.2 Å². The lowest BCUT2D eigenvalue weighted by molar-refractivity contribution is 0.0820. The van der Waals surface area contributed by atoms with Gasteiger partial charge >= 0.3 is 0 Å². The van der Waals surface area contributed by atoms with Crippen LogP contribution in [0.25, 0.3) is 10.2 Å². The Morgan fingerprint density at radius 3 is 3.11 bits per heavy atom. The van der Waals surface area contributed by atoms with E-state index < -0.39 is 5.60 Å². The summed E-state index contributed by atoms with van der Waals surface area (Å²) in [5.74, 6) is 0.731. The summed E-state index contributed by atoms with van der Waals surface area (Å²) in [6.07, 6.45) is 3.92. The number of fused-ring (bicyclic) bond motifs is 1. The lowest BCUT2D eigenvalue weighted by atomic mass is 10.1. The predicted octanol–water partition coefficient (Wildman–Crippen LogP) is 3.06. The van der Waals surface area contributed by atoms with Crippen molar-refractivity contribution in [2.45, 2.75) is 25.5 Å². The standard InChI is InChI=1S/C14H20N2OS2/c1-10(16-8-14(2,17)9-18-3)11-6-13-12(15-7-11)4-5-19-13/h4-7,10,16-17H,8-9H2,1-3H3. The van der Waals surface area contributed by atoms with E-state index in [9.17, 15) is 5.11 Å². The Balaban J connectivity index is 2.01. The van der Waals surface area contributed by atoms with Gasteiger partial charge in [-0.3, -0.25) is 4.98 Å². The Bertz CT molecular complexity index is 539. The molecule has 2 unspecified atom stereocenters. The summed E-state index contributed by atoms with van der Waals surface area (Å²) in [7, 11) is 0. The van der Waals surface area contributed by atoms with E-state index in [0.29, 0.717) is 6.54 Å². The molecule has 2 rings (SSSR count). The number of aliphatic hydroxyl groups is 1. The second-order valence-corrected chi connectivity index (χ2v) is 6.92. The summed E-state index contributed by atoms with van der Waals surface area (Å²) in [5.41, 5.74) is 1.54. The molecule has 0 amide bonds. The third kappa shape index (κ3) is 3.92. The second kappa shape index (κ2) is 6.22. The Hall–Kier alpha value is -0.620. The molecule has 0 aromatic carbocycles. The summed E-state index contributed by atoms with van der Waals surface area (Å²) < 4.78 is 1.21. The minimum Gasteiger partial charge on any atom is -0.388 e. The van der Waals surface area contributed by atoms with E-state index in [1.54, 1.807) is 23.1 Å². The third-order valence-electron chi connectivity index (χ3n) is 3.07. The minimum absolute atomic E-state index is 0.187. The zero-order chi connectivity index (χ0) is 13.9. The molecule has 2 atom stereocenters. The van der Waals surface area contributed by atoms with Gasteiger partial charge in [0.1, 0.15) is 0 Å². The van der Waals surface area contributed by atoms with Crippen LogP contribution in [0.2, 0.25) is 0 Å². The van der Waals surface area contributed by atoms with Gasteiger partial charge < -0.3 is 10.4 Å². The van der Waals surface area contributed by atoms with Crippen molar-refractivity contribution in [2.75, 3.05) is 18.6 Å². The molecule has 0 bridgehead atoms. The maximum absolute atomic E-state index is 10.2. The van der Waals surface area contributed by atoms with Crippen molar-refractivity contribution in [3.63, 3.8) is 0 Å². The van der Waals surface area contributed by atoms with Gasteiger partial charge in [-0.25, -0.2) is 0 Å². The molecule has 2 aromatic rings. The maximum atomic E-state index is 10.2. The van der Waals surface area contributed by atoms with Crippen molar-refractivity contribution in [2.24, 2.45) is 0 Å². The van der Waals surface area contributed by atoms with E-state index in [4.69, 9.17) is 0 Å². The maximum Gasteiger partial charge on any atom is 0.0833 e. The van der Waals surface area contributed by atoms with Gasteiger partial charge in [0.05, 0.1) is 15.8 Å². The minimum atomic E-state index is -0.672. The SMILES string of the molecule is CSCC(C)(O)CNC(C)c1cnc2ccsc2c1. The molecule has 0 saturated carbocycles. The largest absolute Gasteiger partial charge is 0.388 e. The molecule has 5 heteroatoms. The average molecular weight is 296 g/mol. The number of nitrogens with zero attached hydrogens (tertiary/aromatic N) is 1. The number of hydrogen-bond donors (Lipinski definition) is 2. The number of thioether (sulfide) groups is 1. The van der Waals surface area contributed by atoms with Gasteiger partial charge in [0.25, 0.3) is 0 Å². The van der Waals surface area contributed by atoms with E-state index in [-0.39, 0.29) is 6.04 Å². The van der Waals surface area contributed by atoms with Crippen LogP contribution >= 0.6 is 23.1 Å². The lowest BCUT2D eigenvalue weighted by Crippen LogP contribution is -2.40. The highest BCUT2D eigenvalue weighted by molar-refractivity contribution is 7.98. The van der Waals surface area contributed by atoms with Gasteiger partial charge in [-0.15, -0.1) is 11.3 Å². The quantitative estimate of drug-likeness (QED) is 0.860. The van der Waals surface area contributed by atoms with Crippen molar-refractivity contribution in [1.82, 2.24) is 10.3 Å². The molecule has 0 aliphatic rings. The number of pyridine rings is 1. The van der Waals surface area contributed by atoms with E-state index in [1.165, 1.54) is 4.70 Å². The van der Waals surface area contributed by atoms with E-state index in [1.807, 2.05) is 25.4 Å². The third-order valence-corrected chi connectivity index (χ3v) is 4.83. The van der Waals surface area contributed by atoms with Crippen LogP contribution in [0.4, 0.5) is 0 Å². The van der Waals surface area contributed by atoms with Crippen LogP contribution in [0.15, 0.2) is 23.7 Å². The highest BCUT2D eigenvalue weighted by atomic mass is 32.2. The smallest absolute Gasteiger partial charge is 0.0833 e. The van der Waals surface area contributed by atoms with Gasteiger partial charge in [-0.2, -0.15) is 11.8 Å². The average Bonchev–Trinajstić information content (AvgIpc) is 2.83. The molecule has 0 spiro atoms. The van der Waals surface area contributed by atoms with Gasteiger partial charge in [0.15, 0.2) is 0 Å². The molecule has 0 radical (unpaired) electrons.